The highest BCUT2D eigenvalue weighted by molar-refractivity contribution is 7.91. The third-order valence-corrected chi connectivity index (χ3v) is 6.23. The van der Waals surface area contributed by atoms with Crippen molar-refractivity contribution in [2.45, 2.75) is 28.7 Å². The second-order valence-electron chi connectivity index (χ2n) is 5.39. The highest BCUT2D eigenvalue weighted by Gasteiger charge is 2.34. The molecule has 1 aromatic rings. The molecular weight excluding hydrogens is 364 g/mol. The van der Waals surface area contributed by atoms with Crippen LogP contribution in [0, 0.1) is 5.92 Å². The number of halogens is 1. The largest absolute Gasteiger partial charge is 0.495 e. The molecule has 0 radical (unpaired) electrons. The van der Waals surface area contributed by atoms with Gasteiger partial charge in [-0.05, 0) is 37.0 Å². The van der Waals surface area contributed by atoms with Crippen molar-refractivity contribution in [3.8, 4) is 5.75 Å². The molecule has 10 heteroatoms. The standard InChI is InChI=1S/C13H20N2O5S2.ClH/c1-20-12-6-5-10(21(2,16)17)7-13(12)22(18,19)15-11(8-14)9-3-4-9;/h5-7,9,11,15H,3-4,8,14H2,1-2H3;1H. The topological polar surface area (TPSA) is 116 Å². The molecule has 1 unspecified atom stereocenters. The van der Waals surface area contributed by atoms with Gasteiger partial charge in [0.05, 0.1) is 12.0 Å². The Labute approximate surface area is 143 Å². The Balaban J connectivity index is 0.00000264. The molecule has 132 valence electrons. The number of hydrogen-bond acceptors (Lipinski definition) is 6. The predicted octanol–water partition coefficient (Wildman–Crippen LogP) is 0.536. The molecule has 1 fully saturated rings. The number of sulfonamides is 1. The van der Waals surface area contributed by atoms with Gasteiger partial charge in [0.15, 0.2) is 9.84 Å². The first-order valence-corrected chi connectivity index (χ1v) is 10.2. The molecule has 23 heavy (non-hydrogen) atoms. The fraction of sp³-hybridized carbons (Fsp3) is 0.538. The lowest BCUT2D eigenvalue weighted by molar-refractivity contribution is 0.401. The molecule has 3 N–H and O–H groups in total. The van der Waals surface area contributed by atoms with Gasteiger partial charge in [0.2, 0.25) is 10.0 Å². The van der Waals surface area contributed by atoms with E-state index in [9.17, 15) is 16.8 Å². The van der Waals surface area contributed by atoms with Crippen LogP contribution in [-0.2, 0) is 19.9 Å². The average molecular weight is 385 g/mol. The van der Waals surface area contributed by atoms with E-state index in [2.05, 4.69) is 4.72 Å². The monoisotopic (exact) mass is 384 g/mol. The van der Waals surface area contributed by atoms with Gasteiger partial charge in [-0.15, -0.1) is 12.4 Å². The molecule has 0 spiro atoms. The number of nitrogens with two attached hydrogens (primary N) is 1. The minimum atomic E-state index is -3.92. The number of ether oxygens (including phenoxy) is 1. The number of sulfone groups is 1. The highest BCUT2D eigenvalue weighted by atomic mass is 35.5. The van der Waals surface area contributed by atoms with Crippen LogP contribution in [0.25, 0.3) is 0 Å². The van der Waals surface area contributed by atoms with Crippen LogP contribution in [0.15, 0.2) is 28.0 Å². The van der Waals surface area contributed by atoms with Crippen molar-refractivity contribution in [2.75, 3.05) is 19.9 Å². The van der Waals surface area contributed by atoms with Crippen molar-refractivity contribution < 1.29 is 21.6 Å². The summed E-state index contributed by atoms with van der Waals surface area (Å²) < 4.78 is 56.0. The first kappa shape index (κ1) is 20.2. The lowest BCUT2D eigenvalue weighted by Crippen LogP contribution is -2.41. The first-order valence-electron chi connectivity index (χ1n) is 6.79. The van der Waals surface area contributed by atoms with Gasteiger partial charge in [-0.1, -0.05) is 0 Å². The van der Waals surface area contributed by atoms with Crippen LogP contribution >= 0.6 is 12.4 Å². The molecular formula is C13H21ClN2O5S2. The Morgan fingerprint density at radius 2 is 1.91 bits per heavy atom. The second kappa shape index (κ2) is 7.35. The van der Waals surface area contributed by atoms with Crippen molar-refractivity contribution in [1.82, 2.24) is 4.72 Å². The van der Waals surface area contributed by atoms with Crippen molar-refractivity contribution in [3.05, 3.63) is 18.2 Å². The van der Waals surface area contributed by atoms with E-state index in [1.165, 1.54) is 19.2 Å². The van der Waals surface area contributed by atoms with Gasteiger partial charge in [-0.25, -0.2) is 21.6 Å². The number of hydrogen-bond donors (Lipinski definition) is 2. The van der Waals surface area contributed by atoms with E-state index < -0.39 is 19.9 Å². The molecule has 0 amide bonds. The summed E-state index contributed by atoms with van der Waals surface area (Å²) in [4.78, 5) is -0.276. The summed E-state index contributed by atoms with van der Waals surface area (Å²) in [6, 6.07) is 3.40. The van der Waals surface area contributed by atoms with Gasteiger partial charge in [0.1, 0.15) is 10.6 Å². The molecule has 1 aliphatic carbocycles. The van der Waals surface area contributed by atoms with Crippen LogP contribution in [0.1, 0.15) is 12.8 Å². The molecule has 0 saturated heterocycles. The molecule has 1 saturated carbocycles. The van der Waals surface area contributed by atoms with E-state index in [0.717, 1.165) is 25.2 Å². The molecule has 1 atom stereocenters. The lowest BCUT2D eigenvalue weighted by Gasteiger charge is -2.18. The molecule has 0 aromatic heterocycles. The van der Waals surface area contributed by atoms with Crippen molar-refractivity contribution in [3.63, 3.8) is 0 Å². The van der Waals surface area contributed by atoms with E-state index in [-0.39, 0.29) is 46.5 Å². The van der Waals surface area contributed by atoms with E-state index >= 15 is 0 Å². The van der Waals surface area contributed by atoms with Gasteiger partial charge in [-0.3, -0.25) is 0 Å². The molecule has 0 bridgehead atoms. The minimum absolute atomic E-state index is 0. The quantitative estimate of drug-likeness (QED) is 0.708. The summed E-state index contributed by atoms with van der Waals surface area (Å²) in [5.74, 6) is 0.329. The summed E-state index contributed by atoms with van der Waals surface area (Å²) in [6.07, 6.45) is 2.89. The smallest absolute Gasteiger partial charge is 0.244 e. The summed E-state index contributed by atoms with van der Waals surface area (Å²) in [6.45, 7) is 0.192. The average Bonchev–Trinajstić information content (AvgIpc) is 3.27. The zero-order valence-corrected chi connectivity index (χ0v) is 15.3. The van der Waals surface area contributed by atoms with E-state index in [1.807, 2.05) is 0 Å². The van der Waals surface area contributed by atoms with Crippen LogP contribution in [0.5, 0.6) is 5.75 Å². The van der Waals surface area contributed by atoms with Gasteiger partial charge >= 0.3 is 0 Å². The van der Waals surface area contributed by atoms with Gasteiger partial charge < -0.3 is 10.5 Å². The van der Waals surface area contributed by atoms with Gasteiger partial charge in [0.25, 0.3) is 0 Å². The zero-order chi connectivity index (χ0) is 16.5. The maximum atomic E-state index is 12.6. The summed E-state index contributed by atoms with van der Waals surface area (Å²) in [7, 11) is -6.11. The normalized spacial score (nSPS) is 16.5. The Kier molecular flexibility index (Phi) is 6.45. The van der Waals surface area contributed by atoms with Gasteiger partial charge in [-0.2, -0.15) is 0 Å². The molecule has 2 rings (SSSR count). The summed E-state index contributed by atoms with van der Waals surface area (Å²) in [5, 5.41) is 0. The maximum Gasteiger partial charge on any atom is 0.244 e. The first-order chi connectivity index (χ1) is 10.2. The summed E-state index contributed by atoms with van der Waals surface area (Å²) >= 11 is 0. The number of methoxy groups -OCH3 is 1. The predicted molar refractivity (Wildman–Crippen MR) is 89.2 cm³/mol. The molecule has 0 heterocycles. The molecule has 7 nitrogen and oxygen atoms in total. The number of nitrogens with one attached hydrogen (secondary N) is 1. The fourth-order valence-corrected chi connectivity index (χ4v) is 4.43. The van der Waals surface area contributed by atoms with Gasteiger partial charge in [0, 0.05) is 18.8 Å². The number of rotatable bonds is 7. The van der Waals surface area contributed by atoms with E-state index in [1.54, 1.807) is 0 Å². The Hall–Kier alpha value is -0.870. The van der Waals surface area contributed by atoms with Crippen LogP contribution in [0.2, 0.25) is 0 Å². The maximum absolute atomic E-state index is 12.6. The van der Waals surface area contributed by atoms with E-state index in [4.69, 9.17) is 10.5 Å². The van der Waals surface area contributed by atoms with Crippen LogP contribution < -0.4 is 15.2 Å². The molecule has 1 aliphatic rings. The molecule has 0 aliphatic heterocycles. The zero-order valence-electron chi connectivity index (χ0n) is 12.9. The number of benzene rings is 1. The fourth-order valence-electron chi connectivity index (χ4n) is 2.20. The van der Waals surface area contributed by atoms with Crippen LogP contribution in [-0.4, -0.2) is 42.8 Å². The second-order valence-corrected chi connectivity index (χ2v) is 9.08. The minimum Gasteiger partial charge on any atom is -0.495 e. The SMILES string of the molecule is COc1ccc(S(C)(=O)=O)cc1S(=O)(=O)NC(CN)C1CC1.Cl. The lowest BCUT2D eigenvalue weighted by atomic mass is 10.2. The Morgan fingerprint density at radius 3 is 2.35 bits per heavy atom. The molecule has 1 aromatic carbocycles. The van der Waals surface area contributed by atoms with Crippen LogP contribution in [0.4, 0.5) is 0 Å². The Morgan fingerprint density at radius 1 is 1.30 bits per heavy atom. The van der Waals surface area contributed by atoms with Crippen LogP contribution in [0.3, 0.4) is 0 Å². The van der Waals surface area contributed by atoms with Crippen molar-refractivity contribution >= 4 is 32.3 Å². The Bertz CT molecular complexity index is 761. The third-order valence-electron chi connectivity index (χ3n) is 3.60. The van der Waals surface area contributed by atoms with Crippen molar-refractivity contribution in [2.24, 2.45) is 11.7 Å². The summed E-state index contributed by atoms with van der Waals surface area (Å²) in [5.41, 5.74) is 5.61. The third kappa shape index (κ3) is 4.80. The van der Waals surface area contributed by atoms with Crippen molar-refractivity contribution in [1.29, 1.82) is 0 Å². The van der Waals surface area contributed by atoms with E-state index in [0.29, 0.717) is 0 Å². The highest BCUT2D eigenvalue weighted by Crippen LogP contribution is 2.34.